The zero-order valence-electron chi connectivity index (χ0n) is 52.7. The lowest BCUT2D eigenvalue weighted by Crippen LogP contribution is -2.30. The molecular formula is C72H134O6. The maximum absolute atomic E-state index is 12.9. The molecule has 0 aliphatic carbocycles. The fourth-order valence-electron chi connectivity index (χ4n) is 10.6. The molecule has 0 aliphatic rings. The normalized spacial score (nSPS) is 12.2. The first-order valence-electron chi connectivity index (χ1n) is 35.0. The van der Waals surface area contributed by atoms with Crippen LogP contribution in [0.2, 0.25) is 0 Å². The highest BCUT2D eigenvalue weighted by atomic mass is 16.6. The lowest BCUT2D eigenvalue weighted by Gasteiger charge is -2.18. The van der Waals surface area contributed by atoms with Gasteiger partial charge in [0.15, 0.2) is 6.10 Å². The Morgan fingerprint density at radius 3 is 0.782 bits per heavy atom. The maximum Gasteiger partial charge on any atom is 0.306 e. The summed E-state index contributed by atoms with van der Waals surface area (Å²) in [5, 5.41) is 0. The fraction of sp³-hybridized carbons (Fsp3) is 0.875. The lowest BCUT2D eigenvalue weighted by atomic mass is 10.0. The Labute approximate surface area is 486 Å². The fourth-order valence-corrected chi connectivity index (χ4v) is 10.6. The first-order valence-corrected chi connectivity index (χ1v) is 35.0. The Hall–Kier alpha value is -2.37. The minimum atomic E-state index is -0.781. The van der Waals surface area contributed by atoms with Gasteiger partial charge in [0.25, 0.3) is 0 Å². The van der Waals surface area contributed by atoms with Crippen LogP contribution in [-0.2, 0) is 28.6 Å². The molecule has 6 nitrogen and oxygen atoms in total. The van der Waals surface area contributed by atoms with E-state index in [-0.39, 0.29) is 31.1 Å². The summed E-state index contributed by atoms with van der Waals surface area (Å²) in [4.78, 5) is 38.2. The third-order valence-corrected chi connectivity index (χ3v) is 15.9. The van der Waals surface area contributed by atoms with Crippen molar-refractivity contribution in [2.75, 3.05) is 13.2 Å². The van der Waals surface area contributed by atoms with Crippen molar-refractivity contribution in [2.24, 2.45) is 0 Å². The van der Waals surface area contributed by atoms with Gasteiger partial charge in [-0.25, -0.2) is 0 Å². The summed E-state index contributed by atoms with van der Waals surface area (Å²) < 4.78 is 16.9. The van der Waals surface area contributed by atoms with E-state index in [4.69, 9.17) is 14.2 Å². The lowest BCUT2D eigenvalue weighted by molar-refractivity contribution is -0.167. The first-order chi connectivity index (χ1) is 38.5. The number of hydrogen-bond acceptors (Lipinski definition) is 6. The van der Waals surface area contributed by atoms with Gasteiger partial charge in [-0.3, -0.25) is 14.4 Å². The zero-order valence-corrected chi connectivity index (χ0v) is 52.7. The molecule has 458 valence electrons. The largest absolute Gasteiger partial charge is 0.462 e. The number of allylic oxidation sites excluding steroid dienone is 6. The molecule has 0 amide bonds. The monoisotopic (exact) mass is 1100 g/mol. The molecule has 0 aromatic rings. The second kappa shape index (κ2) is 67.1. The second-order valence-corrected chi connectivity index (χ2v) is 23.8. The van der Waals surface area contributed by atoms with Gasteiger partial charge in [-0.05, 0) is 70.6 Å². The number of carbonyl (C=O) groups excluding carboxylic acids is 3. The molecule has 6 heteroatoms. The van der Waals surface area contributed by atoms with Crippen LogP contribution < -0.4 is 0 Å². The molecule has 0 saturated heterocycles. The van der Waals surface area contributed by atoms with Gasteiger partial charge < -0.3 is 14.2 Å². The summed E-state index contributed by atoms with van der Waals surface area (Å²) >= 11 is 0. The molecular weight excluding hydrogens is 961 g/mol. The molecule has 0 fully saturated rings. The molecule has 0 aliphatic heterocycles. The van der Waals surface area contributed by atoms with E-state index in [0.717, 1.165) is 89.9 Å². The van der Waals surface area contributed by atoms with Crippen LogP contribution in [-0.4, -0.2) is 37.2 Å². The SMILES string of the molecule is CCCC/C=C\C/C=C\CCCCCCCC(=O)OC(COC(=O)CCCCCCC/C=C\CCCCC)COC(=O)CCCCCCCCCCCCCCCCCCCCCCCCCCCCCCCCCCCC. The summed E-state index contributed by atoms with van der Waals surface area (Å²) in [7, 11) is 0. The van der Waals surface area contributed by atoms with Crippen molar-refractivity contribution in [3.05, 3.63) is 36.5 Å². The number of esters is 3. The van der Waals surface area contributed by atoms with Gasteiger partial charge in [-0.15, -0.1) is 0 Å². The Kier molecular flexibility index (Phi) is 65.1. The van der Waals surface area contributed by atoms with E-state index in [1.165, 1.54) is 257 Å². The standard InChI is InChI=1S/C72H134O6/c1-4-7-10-13-16-19-22-25-27-28-29-30-31-32-33-34-35-36-37-38-39-40-41-42-43-44-45-46-48-50-53-56-59-62-65-71(74)77-68-69(67-76-70(73)64-61-58-55-52-49-24-21-18-15-12-9-6-3)78-72(75)66-63-60-57-54-51-47-26-23-20-17-14-11-8-5-2/h14,17-18,21,23,26,69H,4-13,15-16,19-20,22,24-25,27-68H2,1-3H3/b17-14-,21-18-,26-23-. The number of unbranched alkanes of at least 4 members (excludes halogenated alkanes) is 48. The van der Waals surface area contributed by atoms with E-state index in [2.05, 4.69) is 57.2 Å². The number of ether oxygens (including phenoxy) is 3. The minimum absolute atomic E-state index is 0.0768. The van der Waals surface area contributed by atoms with Crippen molar-refractivity contribution in [1.82, 2.24) is 0 Å². The topological polar surface area (TPSA) is 78.9 Å². The second-order valence-electron chi connectivity index (χ2n) is 23.8. The van der Waals surface area contributed by atoms with Crippen LogP contribution in [0.15, 0.2) is 36.5 Å². The van der Waals surface area contributed by atoms with Crippen LogP contribution in [0.1, 0.15) is 387 Å². The summed E-state index contributed by atoms with van der Waals surface area (Å²) in [5.41, 5.74) is 0. The number of rotatable bonds is 65. The molecule has 0 aromatic carbocycles. The highest BCUT2D eigenvalue weighted by Gasteiger charge is 2.19. The summed E-state index contributed by atoms with van der Waals surface area (Å²) in [5.74, 6) is -0.879. The molecule has 78 heavy (non-hydrogen) atoms. The Morgan fingerprint density at radius 2 is 0.474 bits per heavy atom. The predicted molar refractivity (Wildman–Crippen MR) is 339 cm³/mol. The molecule has 1 unspecified atom stereocenters. The van der Waals surface area contributed by atoms with Crippen LogP contribution >= 0.6 is 0 Å². The maximum atomic E-state index is 12.9. The average molecular weight is 1100 g/mol. The quantitative estimate of drug-likeness (QED) is 0.0261. The molecule has 1 atom stereocenters. The van der Waals surface area contributed by atoms with Crippen molar-refractivity contribution in [1.29, 1.82) is 0 Å². The van der Waals surface area contributed by atoms with Crippen molar-refractivity contribution >= 4 is 17.9 Å². The van der Waals surface area contributed by atoms with E-state index in [1.807, 2.05) is 0 Å². The summed E-state index contributed by atoms with van der Waals surface area (Å²) in [6.07, 6.45) is 83.5. The van der Waals surface area contributed by atoms with Crippen LogP contribution in [0, 0.1) is 0 Å². The van der Waals surface area contributed by atoms with Gasteiger partial charge in [-0.2, -0.15) is 0 Å². The number of hydrogen-bond donors (Lipinski definition) is 0. The van der Waals surface area contributed by atoms with E-state index in [0.29, 0.717) is 19.3 Å². The third-order valence-electron chi connectivity index (χ3n) is 15.9. The molecule has 0 heterocycles. The molecule has 0 saturated carbocycles. The number of carbonyl (C=O) groups is 3. The van der Waals surface area contributed by atoms with Gasteiger partial charge in [0, 0.05) is 19.3 Å². The Morgan fingerprint density at radius 1 is 0.256 bits per heavy atom. The summed E-state index contributed by atoms with van der Waals surface area (Å²) in [6.45, 7) is 6.61. The molecule has 0 radical (unpaired) electrons. The molecule has 0 bridgehead atoms. The molecule has 0 N–H and O–H groups in total. The zero-order chi connectivity index (χ0) is 56.4. The van der Waals surface area contributed by atoms with Crippen molar-refractivity contribution < 1.29 is 28.6 Å². The minimum Gasteiger partial charge on any atom is -0.462 e. The van der Waals surface area contributed by atoms with Gasteiger partial charge >= 0.3 is 17.9 Å². The van der Waals surface area contributed by atoms with E-state index >= 15 is 0 Å². The van der Waals surface area contributed by atoms with E-state index in [9.17, 15) is 14.4 Å². The van der Waals surface area contributed by atoms with Crippen LogP contribution in [0.25, 0.3) is 0 Å². The first kappa shape index (κ1) is 75.6. The van der Waals surface area contributed by atoms with Crippen molar-refractivity contribution in [2.45, 2.75) is 393 Å². The van der Waals surface area contributed by atoms with Gasteiger partial charge in [0.05, 0.1) is 0 Å². The van der Waals surface area contributed by atoms with Gasteiger partial charge in [0.1, 0.15) is 13.2 Å². The third kappa shape index (κ3) is 64.5. The van der Waals surface area contributed by atoms with Crippen molar-refractivity contribution in [3.8, 4) is 0 Å². The Balaban J connectivity index is 4.02. The molecule has 0 spiro atoms. The van der Waals surface area contributed by atoms with Crippen molar-refractivity contribution in [3.63, 3.8) is 0 Å². The Bertz CT molecular complexity index is 1300. The van der Waals surface area contributed by atoms with Gasteiger partial charge in [-0.1, -0.05) is 333 Å². The summed E-state index contributed by atoms with van der Waals surface area (Å²) in [6, 6.07) is 0. The van der Waals surface area contributed by atoms with Crippen LogP contribution in [0.4, 0.5) is 0 Å². The molecule has 0 aromatic heterocycles. The van der Waals surface area contributed by atoms with Gasteiger partial charge in [0.2, 0.25) is 0 Å². The smallest absolute Gasteiger partial charge is 0.306 e. The van der Waals surface area contributed by atoms with Crippen LogP contribution in [0.3, 0.4) is 0 Å². The average Bonchev–Trinajstić information content (AvgIpc) is 3.44. The van der Waals surface area contributed by atoms with Crippen LogP contribution in [0.5, 0.6) is 0 Å². The molecule has 0 rings (SSSR count). The highest BCUT2D eigenvalue weighted by molar-refractivity contribution is 5.71. The van der Waals surface area contributed by atoms with E-state index in [1.54, 1.807) is 0 Å². The highest BCUT2D eigenvalue weighted by Crippen LogP contribution is 2.19. The van der Waals surface area contributed by atoms with E-state index < -0.39 is 6.10 Å². The predicted octanol–water partition coefficient (Wildman–Crippen LogP) is 23.9.